The number of amides is 1. The molecule has 5 fully saturated rings. The number of nitrogens with one attached hydrogen (secondary N) is 1. The van der Waals surface area contributed by atoms with Crippen LogP contribution in [0.15, 0.2) is 30.3 Å². The smallest absolute Gasteiger partial charge is 0.259 e. The molecule has 82 heavy (non-hydrogen) atoms. The van der Waals surface area contributed by atoms with Gasteiger partial charge in [0, 0.05) is 131 Å². The fourth-order valence-corrected chi connectivity index (χ4v) is 12.3. The van der Waals surface area contributed by atoms with Crippen LogP contribution in [0.3, 0.4) is 0 Å². The minimum Gasteiger partial charge on any atom is -0.484 e. The van der Waals surface area contributed by atoms with Crippen LogP contribution >= 0.6 is 0 Å². The average Bonchev–Trinajstić information content (AvgIpc) is 2.69. The largest absolute Gasteiger partial charge is 0.484 e. The highest BCUT2D eigenvalue weighted by Crippen LogP contribution is 2.43. The molecule has 0 spiro atoms. The molecule has 474 valence electrons. The van der Waals surface area contributed by atoms with Crippen LogP contribution in [0.1, 0.15) is 12.8 Å². The van der Waals surface area contributed by atoms with Gasteiger partial charge in [-0.25, -0.2) is 0 Å². The number of hydrogen-bond acceptors (Lipinski definition) is 27. The van der Waals surface area contributed by atoms with Crippen molar-refractivity contribution in [1.82, 2.24) is 5.32 Å². The molecule has 0 aromatic heterocycles. The Morgan fingerprint density at radius 2 is 0.756 bits per heavy atom. The summed E-state index contributed by atoms with van der Waals surface area (Å²) in [5.74, 6) is -6.01. The zero-order valence-corrected chi connectivity index (χ0v) is 47.8. The monoisotopic (exact) mass is 1190 g/mol. The van der Waals surface area contributed by atoms with E-state index in [0.29, 0.717) is 5.75 Å². The molecular formula is C54H91NO27. The maximum Gasteiger partial charge on any atom is 0.259 e. The third-order valence-electron chi connectivity index (χ3n) is 16.5. The Balaban J connectivity index is 1.34. The van der Waals surface area contributed by atoms with Gasteiger partial charge in [0.15, 0.2) is 38.0 Å². The van der Waals surface area contributed by atoms with Gasteiger partial charge in [0.2, 0.25) is 0 Å². The molecule has 1 aromatic rings. The normalized spacial score (nSPS) is 39.9. The van der Waals surface area contributed by atoms with Crippen molar-refractivity contribution in [3.05, 3.63) is 30.3 Å². The van der Waals surface area contributed by atoms with Crippen molar-refractivity contribution < 1.29 is 131 Å². The number of rotatable bonds is 33. The minimum absolute atomic E-state index is 0.0409. The first-order chi connectivity index (χ1) is 39.9. The number of ether oxygens (including phenoxy) is 17. The predicted octanol–water partition coefficient (Wildman–Crippen LogP) is -3.63. The Morgan fingerprint density at radius 1 is 0.415 bits per heavy atom. The van der Waals surface area contributed by atoms with Crippen molar-refractivity contribution in [2.24, 2.45) is 41.4 Å². The Labute approximate surface area is 478 Å². The Bertz CT molecular complexity index is 1920. The van der Waals surface area contributed by atoms with Crippen LogP contribution in [0.4, 0.5) is 0 Å². The second-order valence-electron chi connectivity index (χ2n) is 21.0. The number of carbonyl (C=O) groups excluding carboxylic acids is 1. The number of benzene rings is 1. The van der Waals surface area contributed by atoms with Crippen molar-refractivity contribution in [1.29, 1.82) is 0 Å². The summed E-state index contributed by atoms with van der Waals surface area (Å²) in [6.45, 7) is -4.88. The van der Waals surface area contributed by atoms with Gasteiger partial charge < -0.3 is 132 Å². The number of aliphatic hydroxyl groups is 9. The molecule has 5 saturated heterocycles. The summed E-state index contributed by atoms with van der Waals surface area (Å²) in [5.41, 5.74) is 0. The molecular weight excluding hydrogens is 1090 g/mol. The van der Waals surface area contributed by atoms with Gasteiger partial charge in [-0.2, -0.15) is 0 Å². The van der Waals surface area contributed by atoms with Gasteiger partial charge in [-0.05, 0) is 25.0 Å². The molecule has 10 unspecified atom stereocenters. The SMILES string of the molecule is COCC1O[C@H](O[C@@H]2C(OC)[C@@H](O[C@@H]3C(OC)[C@@H](OC4[C@@H](CO)[C@H](CO)C(CCO)O[C@@H]4NC(=O)COc4ccccc4)OC(COC)[C@H]3CO)OC(COC)[C@H]2CO)C(OC)[C@@H](O[C@H]2OC(CCO)[C@@H](CO)[C@H](CO)C2OC)[C@@H]1CO. The van der Waals surface area contributed by atoms with Gasteiger partial charge in [-0.3, -0.25) is 4.79 Å². The van der Waals surface area contributed by atoms with Gasteiger partial charge in [0.25, 0.3) is 5.91 Å². The highest BCUT2D eigenvalue weighted by molar-refractivity contribution is 5.77. The van der Waals surface area contributed by atoms with E-state index >= 15 is 0 Å². The van der Waals surface area contributed by atoms with Gasteiger partial charge in [-0.15, -0.1) is 0 Å². The Hall–Kier alpha value is -2.51. The second kappa shape index (κ2) is 34.7. The second-order valence-corrected chi connectivity index (χ2v) is 21.0. The summed E-state index contributed by atoms with van der Waals surface area (Å²) >= 11 is 0. The summed E-state index contributed by atoms with van der Waals surface area (Å²) in [5, 5.41) is 99.0. The van der Waals surface area contributed by atoms with Crippen LogP contribution in [-0.2, 0) is 80.6 Å². The lowest BCUT2D eigenvalue weighted by Crippen LogP contribution is -2.67. The van der Waals surface area contributed by atoms with E-state index in [-0.39, 0.29) is 52.5 Å². The molecule has 5 aliphatic rings. The lowest BCUT2D eigenvalue weighted by atomic mass is 9.80. The van der Waals surface area contributed by atoms with Crippen molar-refractivity contribution in [2.75, 3.05) is 136 Å². The highest BCUT2D eigenvalue weighted by Gasteiger charge is 2.58. The van der Waals surface area contributed by atoms with E-state index in [2.05, 4.69) is 5.32 Å². The molecule has 25 atom stereocenters. The predicted molar refractivity (Wildman–Crippen MR) is 279 cm³/mol. The van der Waals surface area contributed by atoms with Gasteiger partial charge in [-0.1, -0.05) is 18.2 Å². The molecule has 0 saturated carbocycles. The van der Waals surface area contributed by atoms with Crippen LogP contribution in [0.25, 0.3) is 0 Å². The molecule has 28 heteroatoms. The highest BCUT2D eigenvalue weighted by atomic mass is 16.8. The van der Waals surface area contributed by atoms with Crippen LogP contribution in [0.5, 0.6) is 5.75 Å². The first kappa shape index (κ1) is 68.6. The van der Waals surface area contributed by atoms with Gasteiger partial charge >= 0.3 is 0 Å². The van der Waals surface area contributed by atoms with E-state index in [4.69, 9.17) is 80.5 Å². The van der Waals surface area contributed by atoms with Crippen molar-refractivity contribution in [2.45, 2.75) is 124 Å². The number of carbonyl (C=O) groups is 1. The maximum absolute atomic E-state index is 13.6. The molecule has 1 amide bonds. The number of methoxy groups -OCH3 is 7. The van der Waals surface area contributed by atoms with Crippen LogP contribution < -0.4 is 10.1 Å². The van der Waals surface area contributed by atoms with Gasteiger partial charge in [0.1, 0.15) is 36.3 Å². The lowest BCUT2D eigenvalue weighted by molar-refractivity contribution is -0.391. The number of hydrogen-bond donors (Lipinski definition) is 10. The van der Waals surface area contributed by atoms with Crippen LogP contribution in [0, 0.1) is 41.4 Å². The molecule has 5 aliphatic heterocycles. The van der Waals surface area contributed by atoms with E-state index in [9.17, 15) is 50.8 Å². The minimum atomic E-state index is -1.45. The fraction of sp³-hybridized carbons (Fsp3) is 0.870. The van der Waals surface area contributed by atoms with E-state index in [1.54, 1.807) is 30.3 Å². The molecule has 28 nitrogen and oxygen atoms in total. The number of para-hydroxylation sites is 1. The summed E-state index contributed by atoms with van der Waals surface area (Å²) in [6.07, 6.45) is -20.7. The van der Waals surface area contributed by atoms with Gasteiger partial charge in [0.05, 0.1) is 88.5 Å². The van der Waals surface area contributed by atoms with Crippen LogP contribution in [0.2, 0.25) is 0 Å². The summed E-state index contributed by atoms with van der Waals surface area (Å²) in [6, 6.07) is 8.63. The molecule has 10 N–H and O–H groups in total. The summed E-state index contributed by atoms with van der Waals surface area (Å²) < 4.78 is 107. The third kappa shape index (κ3) is 16.2. The van der Waals surface area contributed by atoms with Crippen LogP contribution in [-0.4, -0.2) is 298 Å². The molecule has 0 aliphatic carbocycles. The zero-order chi connectivity index (χ0) is 59.5. The first-order valence-corrected chi connectivity index (χ1v) is 27.8. The quantitative estimate of drug-likeness (QED) is 0.0325. The standard InChI is InChI=1S/C54H91NO27/c1-66-24-38-33(21-62)42(79-51-46(69-4)32(20-61)30(18-59)37(75-51)14-16-57)47(70-5)52(76-38)80-43-34(22-63)39(25-67-2)77-53(48(43)71-6)81-44-35(23-64)40(26-68-3)78-54(49(44)72-7)82-45-31(19-60)29(17-58)36(13-15-56)74-50(45)55-41(65)27-73-28-11-9-8-10-12-28/h8-12,29-40,42-54,56-64H,13-27H2,1-7H3,(H,55,65)/t29-,30-,31-,32-,33+,34+,35+,36?,37?,38?,39?,40?,42-,43-,44-,45?,46?,47?,48?,49?,50-,51+,52+,53+,54+/m0/s1. The van der Waals surface area contributed by atoms with Crippen molar-refractivity contribution in [3.63, 3.8) is 0 Å². The lowest BCUT2D eigenvalue weighted by Gasteiger charge is -2.53. The summed E-state index contributed by atoms with van der Waals surface area (Å²) in [7, 11) is 9.82. The van der Waals surface area contributed by atoms with Crippen molar-refractivity contribution >= 4 is 5.91 Å². The molecule has 5 heterocycles. The topological polar surface area (TPSA) is 368 Å². The van der Waals surface area contributed by atoms with E-state index in [0.717, 1.165) is 0 Å². The van der Waals surface area contributed by atoms with E-state index < -0.39 is 204 Å². The summed E-state index contributed by atoms with van der Waals surface area (Å²) in [4.78, 5) is 13.6. The molecule has 1 aromatic carbocycles. The number of aliphatic hydroxyl groups excluding tert-OH is 9. The zero-order valence-electron chi connectivity index (χ0n) is 47.8. The Kier molecular flexibility index (Phi) is 29.1. The molecule has 6 rings (SSSR count). The third-order valence-corrected chi connectivity index (χ3v) is 16.5. The average molecular weight is 1190 g/mol. The van der Waals surface area contributed by atoms with E-state index in [1.165, 1.54) is 49.8 Å². The molecule has 0 radical (unpaired) electrons. The van der Waals surface area contributed by atoms with E-state index in [1.807, 2.05) is 0 Å². The molecule has 0 bridgehead atoms. The maximum atomic E-state index is 13.6. The Morgan fingerprint density at radius 3 is 1.11 bits per heavy atom. The fourth-order valence-electron chi connectivity index (χ4n) is 12.3. The van der Waals surface area contributed by atoms with Crippen molar-refractivity contribution in [3.8, 4) is 5.75 Å². The first-order valence-electron chi connectivity index (χ1n) is 27.8.